The molecule has 1 aliphatic rings. The average molecular weight is 183 g/mol. The van der Waals surface area contributed by atoms with E-state index in [9.17, 15) is 0 Å². The molecule has 0 bridgehead atoms. The van der Waals surface area contributed by atoms with Crippen molar-refractivity contribution in [3.05, 3.63) is 28.5 Å². The van der Waals surface area contributed by atoms with Crippen molar-refractivity contribution in [2.75, 3.05) is 6.54 Å². The van der Waals surface area contributed by atoms with Crippen molar-refractivity contribution in [1.29, 1.82) is 0 Å². The Labute approximate surface area is 77.0 Å². The molecule has 0 radical (unpaired) electrons. The quantitative estimate of drug-likeness (QED) is 0.673. The molecular formula is C9H11ClN2. The third-order valence-corrected chi connectivity index (χ3v) is 2.52. The molecule has 0 amide bonds. The highest BCUT2D eigenvalue weighted by molar-refractivity contribution is 6.30. The Kier molecular flexibility index (Phi) is 2.03. The molecule has 2 heterocycles. The van der Waals surface area contributed by atoms with Crippen LogP contribution in [-0.4, -0.2) is 11.5 Å². The Morgan fingerprint density at radius 2 is 2.42 bits per heavy atom. The number of rotatable bonds is 1. The minimum atomic E-state index is 0.435. The SMILES string of the molecule is Cc1cnc(Cl)c([C@H]2CCN2)c1. The molecule has 12 heavy (non-hydrogen) atoms. The maximum absolute atomic E-state index is 5.95. The molecule has 0 aliphatic carbocycles. The van der Waals surface area contributed by atoms with Gasteiger partial charge in [0.2, 0.25) is 0 Å². The number of aromatic nitrogens is 1. The van der Waals surface area contributed by atoms with Crippen LogP contribution in [0, 0.1) is 6.92 Å². The standard InChI is InChI=1S/C9H11ClN2/c1-6-4-7(8-2-3-11-8)9(10)12-5-6/h4-5,8,11H,2-3H2,1H3/t8-/m1/s1. The van der Waals surface area contributed by atoms with Crippen LogP contribution in [0.4, 0.5) is 0 Å². The molecule has 64 valence electrons. The second-order valence-electron chi connectivity index (χ2n) is 3.19. The van der Waals surface area contributed by atoms with Gasteiger partial charge in [-0.3, -0.25) is 0 Å². The highest BCUT2D eigenvalue weighted by Gasteiger charge is 2.21. The molecule has 2 rings (SSSR count). The maximum atomic E-state index is 5.95. The number of halogens is 1. The van der Waals surface area contributed by atoms with Gasteiger partial charge in [0.25, 0.3) is 0 Å². The number of aryl methyl sites for hydroxylation is 1. The minimum Gasteiger partial charge on any atom is -0.310 e. The third kappa shape index (κ3) is 1.32. The Balaban J connectivity index is 2.34. The molecule has 0 saturated carbocycles. The number of nitrogens with one attached hydrogen (secondary N) is 1. The first-order chi connectivity index (χ1) is 5.77. The van der Waals surface area contributed by atoms with Gasteiger partial charge in [-0.05, 0) is 31.5 Å². The Hall–Kier alpha value is -0.600. The number of nitrogens with zero attached hydrogens (tertiary/aromatic N) is 1. The molecule has 2 nitrogen and oxygen atoms in total. The van der Waals surface area contributed by atoms with Gasteiger partial charge >= 0.3 is 0 Å². The normalized spacial score (nSPS) is 22.0. The van der Waals surface area contributed by atoms with Gasteiger partial charge in [-0.15, -0.1) is 0 Å². The maximum Gasteiger partial charge on any atom is 0.133 e. The summed E-state index contributed by atoms with van der Waals surface area (Å²) in [5.74, 6) is 0. The Morgan fingerprint density at radius 3 is 3.00 bits per heavy atom. The lowest BCUT2D eigenvalue weighted by atomic mass is 9.99. The van der Waals surface area contributed by atoms with E-state index in [1.54, 1.807) is 6.20 Å². The third-order valence-electron chi connectivity index (χ3n) is 2.20. The van der Waals surface area contributed by atoms with Crippen LogP contribution in [-0.2, 0) is 0 Å². The smallest absolute Gasteiger partial charge is 0.133 e. The van der Waals surface area contributed by atoms with Crippen LogP contribution in [0.5, 0.6) is 0 Å². The molecule has 3 heteroatoms. The molecular weight excluding hydrogens is 172 g/mol. The van der Waals surface area contributed by atoms with E-state index in [1.165, 1.54) is 12.0 Å². The summed E-state index contributed by atoms with van der Waals surface area (Å²) in [5.41, 5.74) is 2.31. The summed E-state index contributed by atoms with van der Waals surface area (Å²) in [6.45, 7) is 3.13. The summed E-state index contributed by atoms with van der Waals surface area (Å²) in [6, 6.07) is 2.54. The van der Waals surface area contributed by atoms with E-state index in [4.69, 9.17) is 11.6 Å². The predicted molar refractivity (Wildman–Crippen MR) is 49.3 cm³/mol. The minimum absolute atomic E-state index is 0.435. The molecule has 1 saturated heterocycles. The molecule has 1 N–H and O–H groups in total. The van der Waals surface area contributed by atoms with Crippen LogP contribution in [0.2, 0.25) is 5.15 Å². The second-order valence-corrected chi connectivity index (χ2v) is 3.55. The molecule has 0 spiro atoms. The second kappa shape index (κ2) is 3.04. The molecule has 1 fully saturated rings. The summed E-state index contributed by atoms with van der Waals surface area (Å²) in [7, 11) is 0. The van der Waals surface area contributed by atoms with Crippen molar-refractivity contribution in [3.63, 3.8) is 0 Å². The Bertz CT molecular complexity index is 295. The Morgan fingerprint density at radius 1 is 1.67 bits per heavy atom. The zero-order valence-corrected chi connectivity index (χ0v) is 7.73. The molecule has 1 aromatic rings. The van der Waals surface area contributed by atoms with Gasteiger partial charge in [0.05, 0.1) is 0 Å². The van der Waals surface area contributed by atoms with Crippen molar-refractivity contribution in [1.82, 2.24) is 10.3 Å². The monoisotopic (exact) mass is 182 g/mol. The van der Waals surface area contributed by atoms with Gasteiger partial charge in [0.15, 0.2) is 0 Å². The summed E-state index contributed by atoms with van der Waals surface area (Å²) < 4.78 is 0. The van der Waals surface area contributed by atoms with E-state index in [-0.39, 0.29) is 0 Å². The zero-order valence-electron chi connectivity index (χ0n) is 6.97. The average Bonchev–Trinajstić information content (AvgIpc) is 1.93. The van der Waals surface area contributed by atoms with Crippen LogP contribution in [0.25, 0.3) is 0 Å². The van der Waals surface area contributed by atoms with Crippen molar-refractivity contribution < 1.29 is 0 Å². The largest absolute Gasteiger partial charge is 0.310 e. The van der Waals surface area contributed by atoms with Crippen LogP contribution in [0.1, 0.15) is 23.6 Å². The van der Waals surface area contributed by atoms with E-state index in [1.807, 2.05) is 6.92 Å². The van der Waals surface area contributed by atoms with Gasteiger partial charge in [-0.1, -0.05) is 11.6 Å². The molecule has 1 aromatic heterocycles. The van der Waals surface area contributed by atoms with Crippen LogP contribution < -0.4 is 5.32 Å². The fraction of sp³-hybridized carbons (Fsp3) is 0.444. The zero-order chi connectivity index (χ0) is 8.55. The number of hydrogen-bond donors (Lipinski definition) is 1. The van der Waals surface area contributed by atoms with Crippen LogP contribution in [0.15, 0.2) is 12.3 Å². The summed E-state index contributed by atoms with van der Waals surface area (Å²) in [5, 5.41) is 3.94. The van der Waals surface area contributed by atoms with Gasteiger partial charge < -0.3 is 5.32 Å². The lowest BCUT2D eigenvalue weighted by molar-refractivity contribution is 0.382. The van der Waals surface area contributed by atoms with Gasteiger partial charge in [-0.2, -0.15) is 0 Å². The molecule has 1 atom stereocenters. The van der Waals surface area contributed by atoms with Gasteiger partial charge in [-0.25, -0.2) is 4.98 Å². The van der Waals surface area contributed by atoms with E-state index < -0.39 is 0 Å². The highest BCUT2D eigenvalue weighted by atomic mass is 35.5. The first-order valence-electron chi connectivity index (χ1n) is 4.13. The molecule has 1 aliphatic heterocycles. The summed E-state index contributed by atoms with van der Waals surface area (Å²) in [4.78, 5) is 4.11. The molecule has 0 aromatic carbocycles. The van der Waals surface area contributed by atoms with Crippen LogP contribution in [0.3, 0.4) is 0 Å². The van der Waals surface area contributed by atoms with E-state index in [0.29, 0.717) is 11.2 Å². The topological polar surface area (TPSA) is 24.9 Å². The van der Waals surface area contributed by atoms with Crippen molar-refractivity contribution in [3.8, 4) is 0 Å². The molecule has 0 unspecified atom stereocenters. The summed E-state index contributed by atoms with van der Waals surface area (Å²) >= 11 is 5.95. The van der Waals surface area contributed by atoms with Crippen molar-refractivity contribution in [2.45, 2.75) is 19.4 Å². The lowest BCUT2D eigenvalue weighted by Crippen LogP contribution is -2.35. The van der Waals surface area contributed by atoms with Crippen LogP contribution >= 0.6 is 11.6 Å². The number of pyridine rings is 1. The van der Waals surface area contributed by atoms with E-state index >= 15 is 0 Å². The van der Waals surface area contributed by atoms with Crippen molar-refractivity contribution >= 4 is 11.6 Å². The first kappa shape index (κ1) is 8.02. The predicted octanol–water partition coefficient (Wildman–Crippen LogP) is 2.08. The first-order valence-corrected chi connectivity index (χ1v) is 4.50. The van der Waals surface area contributed by atoms with E-state index in [2.05, 4.69) is 16.4 Å². The van der Waals surface area contributed by atoms with Gasteiger partial charge in [0, 0.05) is 17.8 Å². The van der Waals surface area contributed by atoms with Crippen molar-refractivity contribution in [2.24, 2.45) is 0 Å². The summed E-state index contributed by atoms with van der Waals surface area (Å²) in [6.07, 6.45) is 2.97. The van der Waals surface area contributed by atoms with E-state index in [0.717, 1.165) is 12.1 Å². The fourth-order valence-corrected chi connectivity index (χ4v) is 1.61. The number of hydrogen-bond acceptors (Lipinski definition) is 2. The lowest BCUT2D eigenvalue weighted by Gasteiger charge is -2.28. The highest BCUT2D eigenvalue weighted by Crippen LogP contribution is 2.28. The van der Waals surface area contributed by atoms with Gasteiger partial charge in [0.1, 0.15) is 5.15 Å². The fourth-order valence-electron chi connectivity index (χ4n) is 1.37.